The molecule has 0 radical (unpaired) electrons. The zero-order valence-electron chi connectivity index (χ0n) is 9.45. The minimum atomic E-state index is -0.682. The molecule has 1 aliphatic heterocycles. The predicted octanol–water partition coefficient (Wildman–Crippen LogP) is 2.07. The molecule has 15 heavy (non-hydrogen) atoms. The van der Waals surface area contributed by atoms with Crippen LogP contribution in [0, 0.1) is 0 Å². The number of nitrogens with zero attached hydrogens (tertiary/aromatic N) is 1. The van der Waals surface area contributed by atoms with Crippen LogP contribution in [0.4, 0.5) is 0 Å². The van der Waals surface area contributed by atoms with Crippen molar-refractivity contribution in [3.8, 4) is 0 Å². The molecule has 0 aromatic heterocycles. The van der Waals surface area contributed by atoms with Crippen LogP contribution >= 0.6 is 11.8 Å². The molecule has 88 valence electrons. The summed E-state index contributed by atoms with van der Waals surface area (Å²) in [5, 5.41) is 9.37. The third kappa shape index (κ3) is 5.42. The van der Waals surface area contributed by atoms with Gasteiger partial charge in [0.25, 0.3) is 0 Å². The first-order valence-electron chi connectivity index (χ1n) is 5.78. The van der Waals surface area contributed by atoms with Gasteiger partial charge in [0, 0.05) is 18.3 Å². The quantitative estimate of drug-likeness (QED) is 0.786. The topological polar surface area (TPSA) is 40.5 Å². The second-order valence-electron chi connectivity index (χ2n) is 4.02. The van der Waals surface area contributed by atoms with Crippen LogP contribution in [0.5, 0.6) is 0 Å². The lowest BCUT2D eigenvalue weighted by atomic mass is 10.2. The van der Waals surface area contributed by atoms with E-state index in [0.29, 0.717) is 5.25 Å². The van der Waals surface area contributed by atoms with E-state index in [-0.39, 0.29) is 6.42 Å². The first kappa shape index (κ1) is 12.8. The Bertz CT molecular complexity index is 199. The summed E-state index contributed by atoms with van der Waals surface area (Å²) in [5.74, 6) is 0.483. The van der Waals surface area contributed by atoms with E-state index in [1.807, 2.05) is 11.8 Å². The number of thioether (sulfide) groups is 1. The van der Waals surface area contributed by atoms with Gasteiger partial charge in [0.1, 0.15) is 0 Å². The molecule has 1 N–H and O–H groups in total. The summed E-state index contributed by atoms with van der Waals surface area (Å²) in [6.07, 6.45) is 4.09. The molecule has 4 heteroatoms. The Balaban J connectivity index is 2.31. The first-order chi connectivity index (χ1) is 7.22. The maximum absolute atomic E-state index is 10.5. The molecule has 0 aromatic carbocycles. The van der Waals surface area contributed by atoms with Gasteiger partial charge in [-0.3, -0.25) is 4.79 Å². The van der Waals surface area contributed by atoms with E-state index >= 15 is 0 Å². The van der Waals surface area contributed by atoms with Gasteiger partial charge in [-0.25, -0.2) is 0 Å². The van der Waals surface area contributed by atoms with Gasteiger partial charge in [-0.15, -0.1) is 0 Å². The molecule has 0 spiro atoms. The van der Waals surface area contributed by atoms with E-state index in [1.165, 1.54) is 19.3 Å². The smallest absolute Gasteiger partial charge is 0.304 e. The molecule has 0 amide bonds. The SMILES string of the molecule is CCSC1CCCCN(CCC(=O)O)C1. The van der Waals surface area contributed by atoms with Crippen LogP contribution in [0.25, 0.3) is 0 Å². The molecule has 1 rings (SSSR count). The second-order valence-corrected chi connectivity index (χ2v) is 5.59. The summed E-state index contributed by atoms with van der Waals surface area (Å²) in [4.78, 5) is 12.8. The maximum atomic E-state index is 10.5. The summed E-state index contributed by atoms with van der Waals surface area (Å²) in [7, 11) is 0. The minimum Gasteiger partial charge on any atom is -0.481 e. The van der Waals surface area contributed by atoms with Crippen molar-refractivity contribution in [2.45, 2.75) is 37.9 Å². The van der Waals surface area contributed by atoms with Crippen LogP contribution < -0.4 is 0 Å². The Hall–Kier alpha value is -0.220. The average Bonchev–Trinajstić information content (AvgIpc) is 2.41. The highest BCUT2D eigenvalue weighted by atomic mass is 32.2. The average molecular weight is 231 g/mol. The van der Waals surface area contributed by atoms with Crippen molar-refractivity contribution < 1.29 is 9.90 Å². The number of carbonyl (C=O) groups is 1. The van der Waals surface area contributed by atoms with Gasteiger partial charge in [-0.1, -0.05) is 13.3 Å². The molecular weight excluding hydrogens is 210 g/mol. The van der Waals surface area contributed by atoms with Crippen LogP contribution in [-0.4, -0.2) is 46.6 Å². The number of hydrogen-bond donors (Lipinski definition) is 1. The molecule has 0 aromatic rings. The maximum Gasteiger partial charge on any atom is 0.304 e. The van der Waals surface area contributed by atoms with E-state index in [9.17, 15) is 4.79 Å². The number of carboxylic acid groups (broad SMARTS) is 1. The lowest BCUT2D eigenvalue weighted by Gasteiger charge is -2.22. The van der Waals surface area contributed by atoms with Crippen LogP contribution in [0.3, 0.4) is 0 Å². The van der Waals surface area contributed by atoms with Crippen molar-refractivity contribution in [3.63, 3.8) is 0 Å². The molecule has 1 fully saturated rings. The Morgan fingerprint density at radius 3 is 3.00 bits per heavy atom. The zero-order chi connectivity index (χ0) is 11.1. The monoisotopic (exact) mass is 231 g/mol. The summed E-state index contributed by atoms with van der Waals surface area (Å²) >= 11 is 2.01. The Morgan fingerprint density at radius 2 is 2.33 bits per heavy atom. The highest BCUT2D eigenvalue weighted by Gasteiger charge is 2.18. The van der Waals surface area contributed by atoms with Gasteiger partial charge in [0.05, 0.1) is 6.42 Å². The van der Waals surface area contributed by atoms with Crippen molar-refractivity contribution in [1.29, 1.82) is 0 Å². The van der Waals surface area contributed by atoms with Crippen molar-refractivity contribution in [1.82, 2.24) is 4.90 Å². The highest BCUT2D eigenvalue weighted by molar-refractivity contribution is 7.99. The normalized spacial score (nSPS) is 23.7. The molecule has 1 saturated heterocycles. The summed E-state index contributed by atoms with van der Waals surface area (Å²) in [6.45, 7) is 5.06. The number of rotatable bonds is 5. The summed E-state index contributed by atoms with van der Waals surface area (Å²) in [5.41, 5.74) is 0. The van der Waals surface area contributed by atoms with Crippen molar-refractivity contribution >= 4 is 17.7 Å². The van der Waals surface area contributed by atoms with E-state index in [2.05, 4.69) is 11.8 Å². The zero-order valence-corrected chi connectivity index (χ0v) is 10.3. The van der Waals surface area contributed by atoms with Gasteiger partial charge in [0.15, 0.2) is 0 Å². The van der Waals surface area contributed by atoms with Crippen LogP contribution in [-0.2, 0) is 4.79 Å². The van der Waals surface area contributed by atoms with E-state index in [4.69, 9.17) is 5.11 Å². The van der Waals surface area contributed by atoms with Crippen LogP contribution in [0.1, 0.15) is 32.6 Å². The standard InChI is InChI=1S/C11H21NO2S/c1-2-15-10-5-3-4-7-12(9-10)8-6-11(13)14/h10H,2-9H2,1H3,(H,13,14). The molecule has 1 aliphatic rings. The van der Waals surface area contributed by atoms with Gasteiger partial charge in [-0.05, 0) is 25.1 Å². The summed E-state index contributed by atoms with van der Waals surface area (Å²) in [6, 6.07) is 0. The minimum absolute atomic E-state index is 0.281. The second kappa shape index (κ2) is 7.12. The molecule has 0 saturated carbocycles. The van der Waals surface area contributed by atoms with Gasteiger partial charge in [-0.2, -0.15) is 11.8 Å². The van der Waals surface area contributed by atoms with Crippen LogP contribution in [0.2, 0.25) is 0 Å². The molecule has 3 nitrogen and oxygen atoms in total. The van der Waals surface area contributed by atoms with Gasteiger partial charge < -0.3 is 10.0 Å². The molecule has 0 aliphatic carbocycles. The third-order valence-corrected chi connectivity index (χ3v) is 3.95. The van der Waals surface area contributed by atoms with Gasteiger partial charge in [0.2, 0.25) is 0 Å². The number of hydrogen-bond acceptors (Lipinski definition) is 3. The summed E-state index contributed by atoms with van der Waals surface area (Å²) < 4.78 is 0. The number of likely N-dealkylation sites (tertiary alicyclic amines) is 1. The molecule has 1 heterocycles. The Morgan fingerprint density at radius 1 is 1.53 bits per heavy atom. The fraction of sp³-hybridized carbons (Fsp3) is 0.909. The third-order valence-electron chi connectivity index (χ3n) is 2.76. The molecule has 1 unspecified atom stereocenters. The number of carboxylic acids is 1. The molecular formula is C11H21NO2S. The van der Waals surface area contributed by atoms with E-state index in [0.717, 1.165) is 25.4 Å². The lowest BCUT2D eigenvalue weighted by molar-refractivity contribution is -0.137. The Labute approximate surface area is 96.2 Å². The Kier molecular flexibility index (Phi) is 6.10. The van der Waals surface area contributed by atoms with E-state index < -0.39 is 5.97 Å². The fourth-order valence-electron chi connectivity index (χ4n) is 2.01. The predicted molar refractivity (Wildman–Crippen MR) is 64.5 cm³/mol. The van der Waals surface area contributed by atoms with Crippen molar-refractivity contribution in [2.75, 3.05) is 25.4 Å². The first-order valence-corrected chi connectivity index (χ1v) is 6.83. The van der Waals surface area contributed by atoms with Crippen molar-refractivity contribution in [3.05, 3.63) is 0 Å². The van der Waals surface area contributed by atoms with Crippen molar-refractivity contribution in [2.24, 2.45) is 0 Å². The largest absolute Gasteiger partial charge is 0.481 e. The molecule has 0 bridgehead atoms. The molecule has 1 atom stereocenters. The lowest BCUT2D eigenvalue weighted by Crippen LogP contribution is -2.31. The van der Waals surface area contributed by atoms with E-state index in [1.54, 1.807) is 0 Å². The fourth-order valence-corrected chi connectivity index (χ4v) is 3.13. The number of aliphatic carboxylic acids is 1. The van der Waals surface area contributed by atoms with Crippen LogP contribution in [0.15, 0.2) is 0 Å². The highest BCUT2D eigenvalue weighted by Crippen LogP contribution is 2.21. The van der Waals surface area contributed by atoms with Gasteiger partial charge >= 0.3 is 5.97 Å².